The highest BCUT2D eigenvalue weighted by molar-refractivity contribution is 5.76. The van der Waals surface area contributed by atoms with E-state index in [-0.39, 0.29) is 5.91 Å². The Bertz CT molecular complexity index is 780. The fourth-order valence-corrected chi connectivity index (χ4v) is 2.62. The summed E-state index contributed by atoms with van der Waals surface area (Å²) in [6.07, 6.45) is 2.01. The van der Waals surface area contributed by atoms with Gasteiger partial charge in [-0.1, -0.05) is 31.2 Å². The van der Waals surface area contributed by atoms with Crippen LogP contribution in [-0.4, -0.2) is 17.4 Å². The number of amides is 1. The van der Waals surface area contributed by atoms with E-state index in [9.17, 15) is 4.79 Å². The summed E-state index contributed by atoms with van der Waals surface area (Å²) in [5, 5.41) is 17.7. The first-order valence-electron chi connectivity index (χ1n) is 8.42. The van der Waals surface area contributed by atoms with Crippen LogP contribution in [0.1, 0.15) is 42.0 Å². The molecular weight excluding hydrogens is 310 g/mol. The van der Waals surface area contributed by atoms with Gasteiger partial charge in [-0.05, 0) is 48.2 Å². The van der Waals surface area contributed by atoms with E-state index in [1.807, 2.05) is 29.2 Å². The van der Waals surface area contributed by atoms with Crippen LogP contribution in [0, 0.1) is 22.7 Å². The largest absolute Gasteiger partial charge is 0.338 e. The third-order valence-electron chi connectivity index (χ3n) is 4.01. The number of nitrogens with zero attached hydrogens (tertiary/aromatic N) is 3. The van der Waals surface area contributed by atoms with Crippen molar-refractivity contribution in [3.63, 3.8) is 0 Å². The van der Waals surface area contributed by atoms with E-state index in [1.165, 1.54) is 0 Å². The Labute approximate surface area is 148 Å². The molecule has 0 unspecified atom stereocenters. The van der Waals surface area contributed by atoms with Gasteiger partial charge in [0.25, 0.3) is 0 Å². The first-order valence-corrected chi connectivity index (χ1v) is 8.42. The van der Waals surface area contributed by atoms with Crippen molar-refractivity contribution in [3.8, 4) is 12.1 Å². The number of benzene rings is 2. The van der Waals surface area contributed by atoms with Gasteiger partial charge in [-0.3, -0.25) is 4.79 Å². The Morgan fingerprint density at radius 3 is 1.92 bits per heavy atom. The van der Waals surface area contributed by atoms with Crippen molar-refractivity contribution in [3.05, 3.63) is 70.8 Å². The van der Waals surface area contributed by atoms with E-state index in [2.05, 4.69) is 19.1 Å². The summed E-state index contributed by atoms with van der Waals surface area (Å²) < 4.78 is 0. The second-order valence-corrected chi connectivity index (χ2v) is 5.93. The first kappa shape index (κ1) is 18.2. The van der Waals surface area contributed by atoms with Gasteiger partial charge in [-0.15, -0.1) is 0 Å². The van der Waals surface area contributed by atoms with E-state index in [1.54, 1.807) is 24.3 Å². The third kappa shape index (κ3) is 5.48. The van der Waals surface area contributed by atoms with Gasteiger partial charge in [0.1, 0.15) is 0 Å². The highest BCUT2D eigenvalue weighted by atomic mass is 16.2. The molecule has 0 saturated heterocycles. The summed E-state index contributed by atoms with van der Waals surface area (Å²) in [5.41, 5.74) is 3.34. The SMILES string of the molecule is CCCN(Cc1ccc(C#N)cc1)C(=O)CCc1ccc(C#N)cc1. The zero-order valence-corrected chi connectivity index (χ0v) is 14.4. The minimum absolute atomic E-state index is 0.121. The molecule has 0 saturated carbocycles. The lowest BCUT2D eigenvalue weighted by Crippen LogP contribution is -2.31. The van der Waals surface area contributed by atoms with Crippen molar-refractivity contribution in [1.82, 2.24) is 4.90 Å². The molecule has 0 heterocycles. The van der Waals surface area contributed by atoms with Crippen LogP contribution < -0.4 is 0 Å². The average Bonchev–Trinajstić information content (AvgIpc) is 2.66. The number of carbonyl (C=O) groups excluding carboxylic acids is 1. The van der Waals surface area contributed by atoms with Crippen molar-refractivity contribution in [2.45, 2.75) is 32.7 Å². The van der Waals surface area contributed by atoms with Crippen LogP contribution in [0.3, 0.4) is 0 Å². The van der Waals surface area contributed by atoms with Crippen LogP contribution in [0.5, 0.6) is 0 Å². The normalized spacial score (nSPS) is 9.88. The molecule has 2 rings (SSSR count). The van der Waals surface area contributed by atoms with E-state index < -0.39 is 0 Å². The van der Waals surface area contributed by atoms with Crippen LogP contribution in [0.4, 0.5) is 0 Å². The third-order valence-corrected chi connectivity index (χ3v) is 4.01. The van der Waals surface area contributed by atoms with Crippen molar-refractivity contribution in [2.24, 2.45) is 0 Å². The fraction of sp³-hybridized carbons (Fsp3) is 0.286. The Morgan fingerprint density at radius 1 is 0.920 bits per heavy atom. The lowest BCUT2D eigenvalue weighted by atomic mass is 10.1. The van der Waals surface area contributed by atoms with E-state index in [0.717, 1.165) is 17.5 Å². The molecular formula is C21H21N3O. The summed E-state index contributed by atoms with van der Waals surface area (Å²) >= 11 is 0. The van der Waals surface area contributed by atoms with E-state index >= 15 is 0 Å². The molecule has 0 aromatic heterocycles. The van der Waals surface area contributed by atoms with Gasteiger partial charge >= 0.3 is 0 Å². The maximum absolute atomic E-state index is 12.6. The van der Waals surface area contributed by atoms with Crippen molar-refractivity contribution in [1.29, 1.82) is 10.5 Å². The number of nitriles is 2. The van der Waals surface area contributed by atoms with Crippen molar-refractivity contribution in [2.75, 3.05) is 6.54 Å². The molecule has 0 fully saturated rings. The first-order chi connectivity index (χ1) is 12.2. The van der Waals surface area contributed by atoms with Gasteiger partial charge in [0.15, 0.2) is 0 Å². The molecule has 25 heavy (non-hydrogen) atoms. The van der Waals surface area contributed by atoms with Crippen LogP contribution in [-0.2, 0) is 17.8 Å². The highest BCUT2D eigenvalue weighted by Gasteiger charge is 2.13. The molecule has 0 aliphatic rings. The van der Waals surface area contributed by atoms with Gasteiger partial charge in [-0.2, -0.15) is 10.5 Å². The molecule has 2 aromatic carbocycles. The van der Waals surface area contributed by atoms with Gasteiger partial charge in [0.05, 0.1) is 23.3 Å². The zero-order chi connectivity index (χ0) is 18.1. The molecule has 0 aliphatic carbocycles. The number of hydrogen-bond donors (Lipinski definition) is 0. The maximum Gasteiger partial charge on any atom is 0.223 e. The van der Waals surface area contributed by atoms with Crippen LogP contribution >= 0.6 is 0 Å². The van der Waals surface area contributed by atoms with E-state index in [4.69, 9.17) is 10.5 Å². The molecule has 0 atom stereocenters. The molecule has 0 N–H and O–H groups in total. The van der Waals surface area contributed by atoms with Crippen molar-refractivity contribution < 1.29 is 4.79 Å². The molecule has 4 heteroatoms. The maximum atomic E-state index is 12.6. The van der Waals surface area contributed by atoms with Crippen LogP contribution in [0.25, 0.3) is 0 Å². The molecule has 0 bridgehead atoms. The second-order valence-electron chi connectivity index (χ2n) is 5.93. The lowest BCUT2D eigenvalue weighted by molar-refractivity contribution is -0.131. The van der Waals surface area contributed by atoms with Gasteiger partial charge < -0.3 is 4.90 Å². The molecule has 0 radical (unpaired) electrons. The topological polar surface area (TPSA) is 67.9 Å². The standard InChI is InChI=1S/C21H21N3O/c1-2-13-24(16-20-9-7-19(15-23)8-10-20)21(25)12-11-17-3-5-18(14-22)6-4-17/h3-10H,2,11-13,16H2,1H3. The molecule has 1 amide bonds. The van der Waals surface area contributed by atoms with Gasteiger partial charge in [0, 0.05) is 19.5 Å². The molecule has 0 aliphatic heterocycles. The summed E-state index contributed by atoms with van der Waals surface area (Å²) in [4.78, 5) is 14.4. The summed E-state index contributed by atoms with van der Waals surface area (Å²) in [7, 11) is 0. The second kappa shape index (κ2) is 9.25. The van der Waals surface area contributed by atoms with Gasteiger partial charge in [0.2, 0.25) is 5.91 Å². The fourth-order valence-electron chi connectivity index (χ4n) is 2.62. The van der Waals surface area contributed by atoms with Crippen LogP contribution in [0.2, 0.25) is 0 Å². The summed E-state index contributed by atoms with van der Waals surface area (Å²) in [6, 6.07) is 18.9. The minimum atomic E-state index is 0.121. The molecule has 2 aromatic rings. The number of hydrogen-bond acceptors (Lipinski definition) is 3. The predicted octanol–water partition coefficient (Wildman–Crippen LogP) is 3.80. The quantitative estimate of drug-likeness (QED) is 0.775. The zero-order valence-electron chi connectivity index (χ0n) is 14.4. The minimum Gasteiger partial charge on any atom is -0.338 e. The molecule has 4 nitrogen and oxygen atoms in total. The van der Waals surface area contributed by atoms with E-state index in [0.29, 0.717) is 37.1 Å². The monoisotopic (exact) mass is 331 g/mol. The average molecular weight is 331 g/mol. The Hall–Kier alpha value is -3.11. The molecule has 0 spiro atoms. The molecule has 126 valence electrons. The number of carbonyl (C=O) groups is 1. The lowest BCUT2D eigenvalue weighted by Gasteiger charge is -2.22. The van der Waals surface area contributed by atoms with Crippen LogP contribution in [0.15, 0.2) is 48.5 Å². The van der Waals surface area contributed by atoms with Gasteiger partial charge in [-0.25, -0.2) is 0 Å². The Kier molecular flexibility index (Phi) is 6.75. The number of aryl methyl sites for hydroxylation is 1. The highest BCUT2D eigenvalue weighted by Crippen LogP contribution is 2.11. The number of rotatable bonds is 7. The van der Waals surface area contributed by atoms with Crippen molar-refractivity contribution >= 4 is 5.91 Å². The summed E-state index contributed by atoms with van der Waals surface area (Å²) in [5.74, 6) is 0.121. The smallest absolute Gasteiger partial charge is 0.223 e. The Balaban J connectivity index is 1.96. The summed E-state index contributed by atoms with van der Waals surface area (Å²) in [6.45, 7) is 3.33. The Morgan fingerprint density at radius 2 is 1.44 bits per heavy atom. The predicted molar refractivity (Wildman–Crippen MR) is 96.3 cm³/mol.